The maximum Gasteiger partial charge on any atom is 0.220 e. The van der Waals surface area contributed by atoms with Gasteiger partial charge < -0.3 is 16.9 Å². The van der Waals surface area contributed by atoms with Crippen LogP contribution in [0.2, 0.25) is 0 Å². The highest BCUT2D eigenvalue weighted by Crippen LogP contribution is 2.24. The normalized spacial score (nSPS) is 11.3. The van der Waals surface area contributed by atoms with Crippen molar-refractivity contribution >= 4 is 11.7 Å². The van der Waals surface area contributed by atoms with Crippen LogP contribution in [0, 0.1) is 0 Å². The Balaban J connectivity index is 2.09. The highest BCUT2D eigenvalue weighted by Gasteiger charge is 2.08. The van der Waals surface area contributed by atoms with Crippen LogP contribution in [-0.4, -0.2) is 11.7 Å². The zero-order chi connectivity index (χ0) is 17.4. The highest BCUT2D eigenvalue weighted by atomic mass is 16.1. The lowest BCUT2D eigenvalue weighted by Crippen LogP contribution is -2.22. The summed E-state index contributed by atoms with van der Waals surface area (Å²) in [5.41, 5.74) is 9.72. The Morgan fingerprint density at radius 3 is 2.50 bits per heavy atom. The minimum Gasteiger partial charge on any atom is -0.382 e. The van der Waals surface area contributed by atoms with E-state index in [1.54, 1.807) is 0 Å². The molecule has 0 aliphatic heterocycles. The molecule has 1 amide bonds. The van der Waals surface area contributed by atoms with Crippen molar-refractivity contribution in [1.82, 2.24) is 5.32 Å². The van der Waals surface area contributed by atoms with Crippen molar-refractivity contribution in [3.8, 4) is 11.1 Å². The number of nitrogens with two attached hydrogens (primary N) is 2. The number of hydrogen-bond acceptors (Lipinski definition) is 3. The van der Waals surface area contributed by atoms with Gasteiger partial charge in [-0.1, -0.05) is 61.9 Å². The molecule has 0 aromatic heterocycles. The quantitative estimate of drug-likeness (QED) is 0.316. The highest BCUT2D eigenvalue weighted by molar-refractivity contribution is 6.03. The van der Waals surface area contributed by atoms with Crippen molar-refractivity contribution in [2.45, 2.75) is 32.7 Å². The molecule has 0 fully saturated rings. The minimum absolute atomic E-state index is 0.0956. The lowest BCUT2D eigenvalue weighted by atomic mass is 9.98. The van der Waals surface area contributed by atoms with E-state index in [0.717, 1.165) is 35.1 Å². The molecule has 0 saturated heterocycles. The van der Waals surface area contributed by atoms with Gasteiger partial charge in [0.1, 0.15) is 0 Å². The van der Waals surface area contributed by atoms with Gasteiger partial charge in [0.2, 0.25) is 5.91 Å². The summed E-state index contributed by atoms with van der Waals surface area (Å²) in [5.74, 6) is 5.70. The summed E-state index contributed by atoms with van der Waals surface area (Å²) >= 11 is 0. The molecule has 2 rings (SSSR count). The van der Waals surface area contributed by atoms with E-state index in [1.807, 2.05) is 48.5 Å². The first-order valence-electron chi connectivity index (χ1n) is 8.14. The summed E-state index contributed by atoms with van der Waals surface area (Å²) in [7, 11) is 0. The van der Waals surface area contributed by atoms with E-state index < -0.39 is 0 Å². The standard InChI is InChI=1S/C19H24N4O/c1-2-3-8-18(24)22-13-14-9-11-15(12-10-14)16-6-4-5-7-17(16)19(20)23-21/h4-7,9-12H,2-3,8,13,21H2,1H3,(H2,20,23)(H,22,24). The number of carbonyl (C=O) groups is 1. The number of unbranched alkanes of at least 4 members (excludes halogenated alkanes) is 1. The number of amidine groups is 1. The predicted octanol–water partition coefficient (Wildman–Crippen LogP) is 2.74. The Bertz CT molecular complexity index is 708. The van der Waals surface area contributed by atoms with Crippen molar-refractivity contribution in [3.63, 3.8) is 0 Å². The summed E-state index contributed by atoms with van der Waals surface area (Å²) in [4.78, 5) is 11.7. The Morgan fingerprint density at radius 2 is 1.83 bits per heavy atom. The van der Waals surface area contributed by atoms with Crippen LogP contribution < -0.4 is 16.9 Å². The monoisotopic (exact) mass is 324 g/mol. The zero-order valence-corrected chi connectivity index (χ0v) is 14.0. The second-order valence-corrected chi connectivity index (χ2v) is 5.64. The smallest absolute Gasteiger partial charge is 0.220 e. The molecule has 126 valence electrons. The molecule has 0 radical (unpaired) electrons. The number of amides is 1. The van der Waals surface area contributed by atoms with Crippen molar-refractivity contribution in [2.75, 3.05) is 0 Å². The van der Waals surface area contributed by atoms with Crippen molar-refractivity contribution < 1.29 is 4.79 Å². The summed E-state index contributed by atoms with van der Waals surface area (Å²) < 4.78 is 0. The largest absolute Gasteiger partial charge is 0.382 e. The number of nitrogens with one attached hydrogen (secondary N) is 1. The molecule has 24 heavy (non-hydrogen) atoms. The summed E-state index contributed by atoms with van der Waals surface area (Å²) in [6, 6.07) is 15.7. The van der Waals surface area contributed by atoms with Gasteiger partial charge in [0.25, 0.3) is 0 Å². The maximum absolute atomic E-state index is 11.7. The third-order valence-corrected chi connectivity index (χ3v) is 3.85. The molecule has 0 bridgehead atoms. The Labute approximate surface area is 142 Å². The lowest BCUT2D eigenvalue weighted by molar-refractivity contribution is -0.121. The van der Waals surface area contributed by atoms with Gasteiger partial charge in [-0.15, -0.1) is 0 Å². The first-order valence-corrected chi connectivity index (χ1v) is 8.14. The molecule has 0 aliphatic carbocycles. The molecule has 5 nitrogen and oxygen atoms in total. The average molecular weight is 324 g/mol. The van der Waals surface area contributed by atoms with E-state index in [2.05, 4.69) is 17.3 Å². The van der Waals surface area contributed by atoms with Gasteiger partial charge in [-0.3, -0.25) is 4.79 Å². The van der Waals surface area contributed by atoms with Gasteiger partial charge in [-0.05, 0) is 23.1 Å². The van der Waals surface area contributed by atoms with Gasteiger partial charge >= 0.3 is 0 Å². The fourth-order valence-electron chi connectivity index (χ4n) is 2.46. The third kappa shape index (κ3) is 4.59. The minimum atomic E-state index is 0.0956. The molecular weight excluding hydrogens is 300 g/mol. The number of nitrogens with zero attached hydrogens (tertiary/aromatic N) is 1. The van der Waals surface area contributed by atoms with Crippen LogP contribution in [-0.2, 0) is 11.3 Å². The maximum atomic E-state index is 11.7. The van der Waals surface area contributed by atoms with E-state index in [4.69, 9.17) is 11.6 Å². The topological polar surface area (TPSA) is 93.5 Å². The summed E-state index contributed by atoms with van der Waals surface area (Å²) in [6.45, 7) is 2.61. The SMILES string of the molecule is CCCCC(=O)NCc1ccc(-c2ccccc2/C(N)=N/N)cc1. The van der Waals surface area contributed by atoms with E-state index in [1.165, 1.54) is 0 Å². The molecular formula is C19H24N4O. The van der Waals surface area contributed by atoms with Gasteiger partial charge in [0.15, 0.2) is 5.84 Å². The molecule has 5 heteroatoms. The molecule has 0 saturated carbocycles. The molecule has 0 unspecified atom stereocenters. The van der Waals surface area contributed by atoms with Crippen LogP contribution in [0.25, 0.3) is 11.1 Å². The molecule has 0 heterocycles. The van der Waals surface area contributed by atoms with Crippen LogP contribution in [0.1, 0.15) is 37.3 Å². The second kappa shape index (κ2) is 8.72. The molecule has 5 N–H and O–H groups in total. The van der Waals surface area contributed by atoms with Crippen molar-refractivity contribution in [3.05, 3.63) is 59.7 Å². The summed E-state index contributed by atoms with van der Waals surface area (Å²) in [5, 5.41) is 6.52. The molecule has 2 aromatic rings. The Hall–Kier alpha value is -2.82. The van der Waals surface area contributed by atoms with Gasteiger partial charge in [0.05, 0.1) is 0 Å². The lowest BCUT2D eigenvalue weighted by Gasteiger charge is -2.10. The van der Waals surface area contributed by atoms with E-state index in [0.29, 0.717) is 18.8 Å². The number of hydrazone groups is 1. The second-order valence-electron chi connectivity index (χ2n) is 5.64. The van der Waals surface area contributed by atoms with Crippen LogP contribution >= 0.6 is 0 Å². The molecule has 0 spiro atoms. The summed E-state index contributed by atoms with van der Waals surface area (Å²) in [6.07, 6.45) is 2.53. The fraction of sp³-hybridized carbons (Fsp3) is 0.263. The van der Waals surface area contributed by atoms with Crippen molar-refractivity contribution in [1.29, 1.82) is 0 Å². The van der Waals surface area contributed by atoms with Crippen LogP contribution in [0.4, 0.5) is 0 Å². The molecule has 0 aliphatic rings. The predicted molar refractivity (Wildman–Crippen MR) is 98.2 cm³/mol. The first-order chi connectivity index (χ1) is 11.7. The third-order valence-electron chi connectivity index (χ3n) is 3.85. The number of benzene rings is 2. The zero-order valence-electron chi connectivity index (χ0n) is 14.0. The first kappa shape index (κ1) is 17.5. The number of hydrogen-bond donors (Lipinski definition) is 3. The van der Waals surface area contributed by atoms with Gasteiger partial charge in [0, 0.05) is 18.5 Å². The number of carbonyl (C=O) groups excluding carboxylic acids is 1. The van der Waals surface area contributed by atoms with E-state index in [-0.39, 0.29) is 5.91 Å². The Kier molecular flexibility index (Phi) is 6.37. The van der Waals surface area contributed by atoms with Gasteiger partial charge in [-0.25, -0.2) is 0 Å². The van der Waals surface area contributed by atoms with Crippen LogP contribution in [0.5, 0.6) is 0 Å². The van der Waals surface area contributed by atoms with E-state index in [9.17, 15) is 4.79 Å². The average Bonchev–Trinajstić information content (AvgIpc) is 2.64. The van der Waals surface area contributed by atoms with Crippen LogP contribution in [0.15, 0.2) is 53.6 Å². The fourth-order valence-corrected chi connectivity index (χ4v) is 2.46. The van der Waals surface area contributed by atoms with Gasteiger partial charge in [-0.2, -0.15) is 5.10 Å². The Morgan fingerprint density at radius 1 is 1.12 bits per heavy atom. The number of rotatable bonds is 7. The van der Waals surface area contributed by atoms with Crippen molar-refractivity contribution in [2.24, 2.45) is 16.7 Å². The van der Waals surface area contributed by atoms with Crippen LogP contribution in [0.3, 0.4) is 0 Å². The van der Waals surface area contributed by atoms with E-state index >= 15 is 0 Å². The molecule has 0 atom stereocenters. The molecule has 2 aromatic carbocycles.